The van der Waals surface area contributed by atoms with E-state index in [0.29, 0.717) is 47.9 Å². The van der Waals surface area contributed by atoms with E-state index in [2.05, 4.69) is 4.90 Å². The van der Waals surface area contributed by atoms with Gasteiger partial charge < -0.3 is 14.1 Å². The molecular formula is C25H22ClN3O4S. The number of fused-ring (bicyclic) bond motifs is 1. The molecule has 0 atom stereocenters. The van der Waals surface area contributed by atoms with E-state index in [1.165, 1.54) is 7.11 Å². The van der Waals surface area contributed by atoms with E-state index in [0.717, 1.165) is 22.8 Å². The Hall–Kier alpha value is -3.20. The van der Waals surface area contributed by atoms with Gasteiger partial charge in [-0.3, -0.25) is 9.69 Å². The summed E-state index contributed by atoms with van der Waals surface area (Å²) in [7, 11) is 1.51. The minimum Gasteiger partial charge on any atom is -0.493 e. The van der Waals surface area contributed by atoms with Gasteiger partial charge in [0.25, 0.3) is 5.91 Å². The van der Waals surface area contributed by atoms with E-state index in [9.17, 15) is 9.59 Å². The number of nitrogens with zero attached hydrogens (tertiary/aromatic N) is 3. The van der Waals surface area contributed by atoms with Crippen molar-refractivity contribution in [2.75, 3.05) is 33.3 Å². The van der Waals surface area contributed by atoms with E-state index in [1.54, 1.807) is 40.5 Å². The highest BCUT2D eigenvalue weighted by Crippen LogP contribution is 2.26. The Labute approximate surface area is 205 Å². The van der Waals surface area contributed by atoms with Crippen molar-refractivity contribution in [2.24, 2.45) is 0 Å². The van der Waals surface area contributed by atoms with Gasteiger partial charge in [-0.05, 0) is 24.3 Å². The van der Waals surface area contributed by atoms with Gasteiger partial charge in [0.1, 0.15) is 10.6 Å². The molecule has 3 heterocycles. The number of rotatable bonds is 5. The molecule has 5 rings (SSSR count). The molecule has 0 unspecified atom stereocenters. The maximum atomic E-state index is 13.1. The van der Waals surface area contributed by atoms with Crippen molar-refractivity contribution in [1.82, 2.24) is 14.8 Å². The lowest BCUT2D eigenvalue weighted by Gasteiger charge is -2.34. The SMILES string of the molecule is COc1cccc2cc(C(=O)N3CCN(Cc4nc(-c5ccc(Cl)cc5)cs4)CC3)c(=O)oc12. The second-order valence-electron chi connectivity index (χ2n) is 8.03. The van der Waals surface area contributed by atoms with Crippen molar-refractivity contribution in [3.63, 3.8) is 0 Å². The van der Waals surface area contributed by atoms with Gasteiger partial charge in [-0.2, -0.15) is 0 Å². The zero-order chi connectivity index (χ0) is 23.7. The summed E-state index contributed by atoms with van der Waals surface area (Å²) in [4.78, 5) is 34.3. The third-order valence-corrected chi connectivity index (χ3v) is 6.97. The molecule has 0 spiro atoms. The number of benzene rings is 2. The quantitative estimate of drug-likeness (QED) is 0.378. The molecule has 9 heteroatoms. The van der Waals surface area contributed by atoms with Gasteiger partial charge in [0, 0.05) is 47.5 Å². The predicted molar refractivity (Wildman–Crippen MR) is 133 cm³/mol. The number of methoxy groups -OCH3 is 1. The van der Waals surface area contributed by atoms with E-state index in [1.807, 2.05) is 29.6 Å². The third kappa shape index (κ3) is 4.57. The van der Waals surface area contributed by atoms with Crippen LogP contribution in [-0.2, 0) is 6.54 Å². The van der Waals surface area contributed by atoms with Gasteiger partial charge in [-0.25, -0.2) is 9.78 Å². The average Bonchev–Trinajstić information content (AvgIpc) is 3.32. The van der Waals surface area contributed by atoms with Gasteiger partial charge in [0.05, 0.1) is 19.3 Å². The highest BCUT2D eigenvalue weighted by Gasteiger charge is 2.25. The first-order valence-corrected chi connectivity index (χ1v) is 12.1. The highest BCUT2D eigenvalue weighted by atomic mass is 35.5. The maximum absolute atomic E-state index is 13.1. The van der Waals surface area contributed by atoms with E-state index >= 15 is 0 Å². The third-order valence-electron chi connectivity index (χ3n) is 5.88. The topological polar surface area (TPSA) is 75.9 Å². The highest BCUT2D eigenvalue weighted by molar-refractivity contribution is 7.09. The van der Waals surface area contributed by atoms with Gasteiger partial charge in [-0.1, -0.05) is 35.9 Å². The molecule has 0 radical (unpaired) electrons. The van der Waals surface area contributed by atoms with Crippen molar-refractivity contribution in [3.05, 3.63) is 79.9 Å². The van der Waals surface area contributed by atoms with Crippen LogP contribution in [0.25, 0.3) is 22.2 Å². The zero-order valence-electron chi connectivity index (χ0n) is 18.5. The van der Waals surface area contributed by atoms with Crippen LogP contribution in [0.1, 0.15) is 15.4 Å². The van der Waals surface area contributed by atoms with Crippen LogP contribution in [0, 0.1) is 0 Å². The van der Waals surface area contributed by atoms with Crippen LogP contribution in [0.3, 0.4) is 0 Å². The first-order chi connectivity index (χ1) is 16.5. The Morgan fingerprint density at radius 2 is 1.91 bits per heavy atom. The molecule has 0 saturated carbocycles. The monoisotopic (exact) mass is 495 g/mol. The van der Waals surface area contributed by atoms with Gasteiger partial charge in [0.2, 0.25) is 0 Å². The molecule has 1 fully saturated rings. The molecule has 1 aliphatic heterocycles. The van der Waals surface area contributed by atoms with Crippen molar-refractivity contribution in [2.45, 2.75) is 6.54 Å². The van der Waals surface area contributed by atoms with E-state index in [4.69, 9.17) is 25.7 Å². The van der Waals surface area contributed by atoms with Crippen LogP contribution in [0.15, 0.2) is 63.1 Å². The second-order valence-corrected chi connectivity index (χ2v) is 9.41. The second kappa shape index (κ2) is 9.58. The summed E-state index contributed by atoms with van der Waals surface area (Å²) in [5.41, 5.74) is 1.71. The molecule has 7 nitrogen and oxygen atoms in total. The fourth-order valence-electron chi connectivity index (χ4n) is 4.04. The number of para-hydroxylation sites is 1. The normalized spacial score (nSPS) is 14.5. The molecule has 174 valence electrons. The fourth-order valence-corrected chi connectivity index (χ4v) is 5.01. The number of carbonyl (C=O) groups excluding carboxylic acids is 1. The van der Waals surface area contributed by atoms with E-state index < -0.39 is 5.63 Å². The summed E-state index contributed by atoms with van der Waals surface area (Å²) in [6, 6.07) is 14.5. The summed E-state index contributed by atoms with van der Waals surface area (Å²) in [5.74, 6) is 0.154. The van der Waals surface area contributed by atoms with Crippen LogP contribution in [0.4, 0.5) is 0 Å². The van der Waals surface area contributed by atoms with E-state index in [-0.39, 0.29) is 11.5 Å². The number of halogens is 1. The number of thiazole rings is 1. The van der Waals surface area contributed by atoms with Gasteiger partial charge in [-0.15, -0.1) is 11.3 Å². The Morgan fingerprint density at radius 3 is 2.65 bits per heavy atom. The smallest absolute Gasteiger partial charge is 0.349 e. The molecule has 1 saturated heterocycles. The minimum absolute atomic E-state index is 0.0433. The average molecular weight is 496 g/mol. The van der Waals surface area contributed by atoms with Crippen molar-refractivity contribution < 1.29 is 13.9 Å². The molecule has 0 aliphatic carbocycles. The number of amides is 1. The standard InChI is InChI=1S/C25H22ClN3O4S/c1-32-21-4-2-3-17-13-19(25(31)33-23(17)21)24(30)29-11-9-28(10-12-29)14-22-27-20(15-34-22)16-5-7-18(26)8-6-16/h2-8,13,15H,9-12,14H2,1H3. The van der Waals surface area contributed by atoms with Gasteiger partial charge in [0.15, 0.2) is 11.3 Å². The van der Waals surface area contributed by atoms with Crippen molar-refractivity contribution in [3.8, 4) is 17.0 Å². The number of hydrogen-bond acceptors (Lipinski definition) is 7. The van der Waals surface area contributed by atoms with Crippen LogP contribution in [-0.4, -0.2) is 54.0 Å². The largest absolute Gasteiger partial charge is 0.493 e. The molecular weight excluding hydrogens is 474 g/mol. The minimum atomic E-state index is -0.651. The lowest BCUT2D eigenvalue weighted by molar-refractivity contribution is 0.0624. The zero-order valence-corrected chi connectivity index (χ0v) is 20.1. The van der Waals surface area contributed by atoms with Crippen molar-refractivity contribution in [1.29, 1.82) is 0 Å². The summed E-state index contributed by atoms with van der Waals surface area (Å²) in [5, 5.41) is 4.43. The predicted octanol–water partition coefficient (Wildman–Crippen LogP) is 4.54. The Morgan fingerprint density at radius 1 is 1.15 bits per heavy atom. The maximum Gasteiger partial charge on any atom is 0.349 e. The van der Waals surface area contributed by atoms with Crippen molar-refractivity contribution >= 4 is 39.8 Å². The van der Waals surface area contributed by atoms with Crippen LogP contribution >= 0.6 is 22.9 Å². The molecule has 1 aliphatic rings. The molecule has 2 aromatic carbocycles. The fraction of sp³-hybridized carbons (Fsp3) is 0.240. The molecule has 0 N–H and O–H groups in total. The first kappa shape index (κ1) is 22.6. The molecule has 34 heavy (non-hydrogen) atoms. The van der Waals surface area contributed by atoms with Gasteiger partial charge >= 0.3 is 5.63 Å². The molecule has 0 bridgehead atoms. The lowest BCUT2D eigenvalue weighted by Crippen LogP contribution is -2.49. The molecule has 1 amide bonds. The van der Waals surface area contributed by atoms with Crippen LogP contribution in [0.5, 0.6) is 5.75 Å². The Kier molecular flexibility index (Phi) is 6.36. The Bertz CT molecular complexity index is 1390. The summed E-state index contributed by atoms with van der Waals surface area (Å²) >= 11 is 7.59. The number of ether oxygens (including phenoxy) is 1. The first-order valence-electron chi connectivity index (χ1n) is 10.8. The number of carbonyl (C=O) groups is 1. The number of piperazine rings is 1. The van der Waals surface area contributed by atoms with Crippen LogP contribution in [0.2, 0.25) is 5.02 Å². The summed E-state index contributed by atoms with van der Waals surface area (Å²) in [6.45, 7) is 3.19. The molecule has 4 aromatic rings. The van der Waals surface area contributed by atoms with Crippen LogP contribution < -0.4 is 10.4 Å². The summed E-state index contributed by atoms with van der Waals surface area (Å²) in [6.07, 6.45) is 0. The number of aromatic nitrogens is 1. The summed E-state index contributed by atoms with van der Waals surface area (Å²) < 4.78 is 10.7. The number of hydrogen-bond donors (Lipinski definition) is 0. The lowest BCUT2D eigenvalue weighted by atomic mass is 10.1. The Balaban J connectivity index is 1.23. The molecule has 2 aromatic heterocycles.